The Morgan fingerprint density at radius 3 is 2.60 bits per heavy atom. The lowest BCUT2D eigenvalue weighted by Gasteiger charge is -2.08. The first-order chi connectivity index (χ1) is 12.1. The van der Waals surface area contributed by atoms with Gasteiger partial charge in [0.2, 0.25) is 11.0 Å². The molecule has 4 nitrogen and oxygen atoms in total. The molecule has 1 atom stereocenters. The molecule has 1 aromatic heterocycles. The molecule has 0 aliphatic carbocycles. The van der Waals surface area contributed by atoms with Crippen molar-refractivity contribution in [3.05, 3.63) is 71.5 Å². The summed E-state index contributed by atoms with van der Waals surface area (Å²) in [7, 11) is 0. The van der Waals surface area contributed by atoms with Crippen LogP contribution in [0.1, 0.15) is 23.3 Å². The van der Waals surface area contributed by atoms with Crippen molar-refractivity contribution < 1.29 is 9.18 Å². The van der Waals surface area contributed by atoms with Crippen LogP contribution in [0.5, 0.6) is 0 Å². The molecule has 1 N–H and O–H groups in total. The van der Waals surface area contributed by atoms with Gasteiger partial charge in [0.25, 0.3) is 0 Å². The summed E-state index contributed by atoms with van der Waals surface area (Å²) in [6.45, 7) is 2.11. The molecule has 0 radical (unpaired) electrons. The van der Waals surface area contributed by atoms with Gasteiger partial charge in [-0.1, -0.05) is 65.6 Å². The number of hydrogen-bond donors (Lipinski definition) is 1. The van der Waals surface area contributed by atoms with Crippen LogP contribution in [-0.4, -0.2) is 16.1 Å². The summed E-state index contributed by atoms with van der Waals surface area (Å²) in [5.41, 5.74) is 1.96. The second-order valence-electron chi connectivity index (χ2n) is 5.40. The SMILES string of the molecule is CC(Sc1nnc(NC(=O)Cc2ccc(F)cc2)s1)c1ccccc1. The van der Waals surface area contributed by atoms with Gasteiger partial charge in [-0.3, -0.25) is 4.79 Å². The van der Waals surface area contributed by atoms with Crippen LogP contribution in [0.4, 0.5) is 9.52 Å². The first kappa shape index (κ1) is 17.6. The number of thioether (sulfide) groups is 1. The van der Waals surface area contributed by atoms with E-state index in [1.54, 1.807) is 23.9 Å². The topological polar surface area (TPSA) is 54.9 Å². The van der Waals surface area contributed by atoms with Crippen LogP contribution >= 0.6 is 23.1 Å². The van der Waals surface area contributed by atoms with E-state index < -0.39 is 0 Å². The standard InChI is InChI=1S/C18H16FN3OS2/c1-12(14-5-3-2-4-6-14)24-18-22-21-17(25-18)20-16(23)11-13-7-9-15(19)10-8-13/h2-10,12H,11H2,1H3,(H,20,21,23). The zero-order valence-electron chi connectivity index (χ0n) is 13.5. The minimum absolute atomic E-state index is 0.169. The van der Waals surface area contributed by atoms with E-state index in [0.29, 0.717) is 5.13 Å². The average Bonchev–Trinajstić information content (AvgIpc) is 3.04. The summed E-state index contributed by atoms with van der Waals surface area (Å²) in [5, 5.41) is 11.6. The Labute approximate surface area is 153 Å². The molecule has 1 heterocycles. The lowest BCUT2D eigenvalue weighted by Crippen LogP contribution is -2.14. The number of carbonyl (C=O) groups is 1. The number of rotatable bonds is 6. The van der Waals surface area contributed by atoms with Gasteiger partial charge in [0.05, 0.1) is 6.42 Å². The fourth-order valence-electron chi connectivity index (χ4n) is 2.20. The lowest BCUT2D eigenvalue weighted by molar-refractivity contribution is -0.115. The van der Waals surface area contributed by atoms with Crippen LogP contribution in [0.25, 0.3) is 0 Å². The van der Waals surface area contributed by atoms with Crippen LogP contribution < -0.4 is 5.32 Å². The maximum Gasteiger partial charge on any atom is 0.230 e. The van der Waals surface area contributed by atoms with Crippen molar-refractivity contribution in [2.45, 2.75) is 22.9 Å². The van der Waals surface area contributed by atoms with Gasteiger partial charge in [-0.05, 0) is 30.2 Å². The quantitative estimate of drug-likeness (QED) is 0.502. The molecule has 0 fully saturated rings. The minimum Gasteiger partial charge on any atom is -0.300 e. The Balaban J connectivity index is 1.56. The molecule has 3 aromatic rings. The van der Waals surface area contributed by atoms with Gasteiger partial charge in [0.15, 0.2) is 4.34 Å². The maximum atomic E-state index is 12.9. The second kappa shape index (κ2) is 8.22. The first-order valence-electron chi connectivity index (χ1n) is 7.69. The summed E-state index contributed by atoms with van der Waals surface area (Å²) in [6, 6.07) is 16.0. The van der Waals surface area contributed by atoms with Crippen LogP contribution in [0.2, 0.25) is 0 Å². The van der Waals surface area contributed by atoms with Crippen molar-refractivity contribution in [3.8, 4) is 0 Å². The van der Waals surface area contributed by atoms with Crippen molar-refractivity contribution in [3.63, 3.8) is 0 Å². The third kappa shape index (κ3) is 5.11. The van der Waals surface area contributed by atoms with Gasteiger partial charge >= 0.3 is 0 Å². The Bertz CT molecular complexity index is 837. The van der Waals surface area contributed by atoms with E-state index in [2.05, 4.69) is 34.6 Å². The Morgan fingerprint density at radius 1 is 1.16 bits per heavy atom. The van der Waals surface area contributed by atoms with E-state index in [-0.39, 0.29) is 23.4 Å². The smallest absolute Gasteiger partial charge is 0.230 e. The molecule has 0 spiro atoms. The minimum atomic E-state index is -0.317. The number of amides is 1. The van der Waals surface area contributed by atoms with Crippen LogP contribution in [0.3, 0.4) is 0 Å². The largest absolute Gasteiger partial charge is 0.300 e. The van der Waals surface area contributed by atoms with Crippen molar-refractivity contribution in [2.24, 2.45) is 0 Å². The lowest BCUT2D eigenvalue weighted by atomic mass is 10.1. The van der Waals surface area contributed by atoms with E-state index in [1.807, 2.05) is 18.2 Å². The summed E-state index contributed by atoms with van der Waals surface area (Å²) in [5.74, 6) is -0.516. The molecule has 0 bridgehead atoms. The van der Waals surface area contributed by atoms with E-state index in [1.165, 1.54) is 29.0 Å². The summed E-state index contributed by atoms with van der Waals surface area (Å²) in [6.07, 6.45) is 0.169. The van der Waals surface area contributed by atoms with Crippen molar-refractivity contribution in [1.29, 1.82) is 0 Å². The highest BCUT2D eigenvalue weighted by Crippen LogP contribution is 2.37. The molecule has 25 heavy (non-hydrogen) atoms. The highest BCUT2D eigenvalue weighted by atomic mass is 32.2. The summed E-state index contributed by atoms with van der Waals surface area (Å²) >= 11 is 2.95. The van der Waals surface area contributed by atoms with Crippen molar-refractivity contribution in [2.75, 3.05) is 5.32 Å². The van der Waals surface area contributed by atoms with Crippen molar-refractivity contribution >= 4 is 34.1 Å². The third-order valence-electron chi connectivity index (χ3n) is 3.48. The highest BCUT2D eigenvalue weighted by Gasteiger charge is 2.13. The predicted octanol–water partition coefficient (Wildman–Crippen LogP) is 4.71. The second-order valence-corrected chi connectivity index (χ2v) is 7.96. The van der Waals surface area contributed by atoms with Gasteiger partial charge in [0, 0.05) is 5.25 Å². The van der Waals surface area contributed by atoms with E-state index in [0.717, 1.165) is 9.90 Å². The summed E-state index contributed by atoms with van der Waals surface area (Å²) in [4.78, 5) is 12.0. The molecule has 0 saturated carbocycles. The summed E-state index contributed by atoms with van der Waals surface area (Å²) < 4.78 is 13.7. The Hall–Kier alpha value is -2.25. The number of hydrogen-bond acceptors (Lipinski definition) is 5. The zero-order valence-corrected chi connectivity index (χ0v) is 15.1. The van der Waals surface area contributed by atoms with Gasteiger partial charge < -0.3 is 5.32 Å². The van der Waals surface area contributed by atoms with E-state index >= 15 is 0 Å². The zero-order chi connectivity index (χ0) is 17.6. The number of anilines is 1. The number of aromatic nitrogens is 2. The molecule has 1 unspecified atom stereocenters. The molecular formula is C18H16FN3OS2. The monoisotopic (exact) mass is 373 g/mol. The van der Waals surface area contributed by atoms with Gasteiger partial charge in [0.1, 0.15) is 5.82 Å². The molecule has 0 aliphatic rings. The van der Waals surface area contributed by atoms with Gasteiger partial charge in [-0.25, -0.2) is 4.39 Å². The first-order valence-corrected chi connectivity index (χ1v) is 9.39. The van der Waals surface area contributed by atoms with Gasteiger partial charge in [-0.2, -0.15) is 0 Å². The van der Waals surface area contributed by atoms with E-state index in [4.69, 9.17) is 0 Å². The third-order valence-corrected chi connectivity index (χ3v) is 5.56. The number of nitrogens with one attached hydrogen (secondary N) is 1. The average molecular weight is 373 g/mol. The predicted molar refractivity (Wildman–Crippen MR) is 99.4 cm³/mol. The fourth-order valence-corrected chi connectivity index (χ4v) is 4.24. The Kier molecular flexibility index (Phi) is 5.78. The normalized spacial score (nSPS) is 11.9. The Morgan fingerprint density at radius 2 is 1.88 bits per heavy atom. The van der Waals surface area contributed by atoms with Gasteiger partial charge in [-0.15, -0.1) is 10.2 Å². The molecule has 3 rings (SSSR count). The number of halogens is 1. The molecule has 128 valence electrons. The molecule has 0 aliphatic heterocycles. The number of carbonyl (C=O) groups excluding carboxylic acids is 1. The van der Waals surface area contributed by atoms with Crippen LogP contribution in [0, 0.1) is 5.82 Å². The molecule has 1 amide bonds. The molecular weight excluding hydrogens is 357 g/mol. The van der Waals surface area contributed by atoms with E-state index in [9.17, 15) is 9.18 Å². The van der Waals surface area contributed by atoms with Crippen molar-refractivity contribution in [1.82, 2.24) is 10.2 Å². The fraction of sp³-hybridized carbons (Fsp3) is 0.167. The highest BCUT2D eigenvalue weighted by molar-refractivity contribution is 8.01. The molecule has 0 saturated heterocycles. The molecule has 7 heteroatoms. The maximum absolute atomic E-state index is 12.9. The van der Waals surface area contributed by atoms with Crippen LogP contribution in [0.15, 0.2) is 58.9 Å². The number of nitrogens with zero attached hydrogens (tertiary/aromatic N) is 2. The molecule has 2 aromatic carbocycles. The van der Waals surface area contributed by atoms with Crippen LogP contribution in [-0.2, 0) is 11.2 Å². The number of benzene rings is 2.